The van der Waals surface area contributed by atoms with Crippen molar-refractivity contribution >= 4 is 48.9 Å². The minimum atomic E-state index is -3.83. The molecule has 0 atom stereocenters. The van der Waals surface area contributed by atoms with Gasteiger partial charge in [-0.15, -0.1) is 11.3 Å². The van der Waals surface area contributed by atoms with Gasteiger partial charge in [0.1, 0.15) is 4.88 Å². The average molecular weight is 376 g/mol. The first-order valence-corrected chi connectivity index (χ1v) is 8.56. The number of rotatable bonds is 4. The molecule has 2 aromatic rings. The molecule has 0 aliphatic rings. The Balaban J connectivity index is 2.44. The average Bonchev–Trinajstić information content (AvgIpc) is 2.79. The molecule has 0 saturated heterocycles. The summed E-state index contributed by atoms with van der Waals surface area (Å²) in [5.74, 6) is -1.16. The van der Waals surface area contributed by atoms with Crippen LogP contribution in [0.2, 0.25) is 0 Å². The van der Waals surface area contributed by atoms with Crippen molar-refractivity contribution in [3.63, 3.8) is 0 Å². The van der Waals surface area contributed by atoms with Gasteiger partial charge in [-0.3, -0.25) is 4.72 Å². The molecule has 0 fully saturated rings. The zero-order chi connectivity index (χ0) is 14.9. The molecular weight excluding hydrogens is 366 g/mol. The summed E-state index contributed by atoms with van der Waals surface area (Å²) in [6.45, 7) is 1.67. The van der Waals surface area contributed by atoms with Crippen LogP contribution in [0.5, 0.6) is 0 Å². The van der Waals surface area contributed by atoms with Crippen LogP contribution in [0.4, 0.5) is 5.69 Å². The molecule has 5 nitrogen and oxygen atoms in total. The summed E-state index contributed by atoms with van der Waals surface area (Å²) < 4.78 is 27.6. The van der Waals surface area contributed by atoms with E-state index in [-0.39, 0.29) is 15.5 Å². The Morgan fingerprint density at radius 3 is 2.70 bits per heavy atom. The van der Waals surface area contributed by atoms with E-state index in [0.717, 1.165) is 11.3 Å². The van der Waals surface area contributed by atoms with Crippen molar-refractivity contribution in [2.75, 3.05) is 4.72 Å². The molecule has 0 spiro atoms. The number of aryl methyl sites for hydroxylation is 1. The first-order valence-electron chi connectivity index (χ1n) is 5.41. The molecule has 8 heteroatoms. The van der Waals surface area contributed by atoms with Crippen LogP contribution in [-0.2, 0) is 10.0 Å². The van der Waals surface area contributed by atoms with E-state index in [4.69, 9.17) is 5.11 Å². The lowest BCUT2D eigenvalue weighted by atomic mass is 10.2. The Morgan fingerprint density at radius 2 is 2.05 bits per heavy atom. The fraction of sp³-hybridized carbons (Fsp3) is 0.0833. The maximum atomic E-state index is 12.3. The number of anilines is 1. The van der Waals surface area contributed by atoms with Gasteiger partial charge in [0.2, 0.25) is 0 Å². The monoisotopic (exact) mass is 375 g/mol. The van der Waals surface area contributed by atoms with E-state index in [1.807, 2.05) is 0 Å². The van der Waals surface area contributed by atoms with Crippen molar-refractivity contribution in [2.45, 2.75) is 11.8 Å². The maximum absolute atomic E-state index is 12.3. The number of sulfonamides is 1. The van der Waals surface area contributed by atoms with Crippen LogP contribution >= 0.6 is 27.3 Å². The Kier molecular flexibility index (Phi) is 4.17. The van der Waals surface area contributed by atoms with Crippen LogP contribution in [0.1, 0.15) is 15.2 Å². The summed E-state index contributed by atoms with van der Waals surface area (Å²) in [4.78, 5) is 11.1. The standard InChI is InChI=1S/C12H10BrNO4S2/c1-7-2-3-8(13)6-10(7)20(17,18)14-9-4-5-19-11(9)12(15)16/h2-6,14H,1H3,(H,15,16). The van der Waals surface area contributed by atoms with Gasteiger partial charge in [0, 0.05) is 4.47 Å². The van der Waals surface area contributed by atoms with Gasteiger partial charge in [-0.25, -0.2) is 13.2 Å². The van der Waals surface area contributed by atoms with Gasteiger partial charge < -0.3 is 5.11 Å². The molecular formula is C12H10BrNO4S2. The van der Waals surface area contributed by atoms with Crippen molar-refractivity contribution in [3.8, 4) is 0 Å². The molecule has 0 aliphatic carbocycles. The van der Waals surface area contributed by atoms with E-state index in [9.17, 15) is 13.2 Å². The summed E-state index contributed by atoms with van der Waals surface area (Å²) in [5, 5.41) is 10.5. The molecule has 0 radical (unpaired) electrons. The summed E-state index contributed by atoms with van der Waals surface area (Å²) in [6, 6.07) is 6.31. The van der Waals surface area contributed by atoms with Gasteiger partial charge in [-0.2, -0.15) is 0 Å². The molecule has 1 heterocycles. The predicted octanol–water partition coefficient (Wildman–Crippen LogP) is 3.32. The molecule has 1 aromatic heterocycles. The fourth-order valence-corrected chi connectivity index (χ4v) is 4.23. The largest absolute Gasteiger partial charge is 0.477 e. The summed E-state index contributed by atoms with van der Waals surface area (Å²) in [7, 11) is -3.83. The number of nitrogens with one attached hydrogen (secondary N) is 1. The number of aromatic carboxylic acids is 1. The second kappa shape index (κ2) is 5.55. The number of halogens is 1. The fourth-order valence-electron chi connectivity index (χ4n) is 1.62. The summed E-state index contributed by atoms with van der Waals surface area (Å²) in [6.07, 6.45) is 0. The van der Waals surface area contributed by atoms with E-state index in [0.29, 0.717) is 10.0 Å². The highest BCUT2D eigenvalue weighted by Gasteiger charge is 2.21. The van der Waals surface area contributed by atoms with Gasteiger partial charge in [0.15, 0.2) is 0 Å². The predicted molar refractivity (Wildman–Crippen MR) is 81.0 cm³/mol. The third kappa shape index (κ3) is 3.02. The topological polar surface area (TPSA) is 83.5 Å². The van der Waals surface area contributed by atoms with Gasteiger partial charge in [-0.1, -0.05) is 22.0 Å². The second-order valence-electron chi connectivity index (χ2n) is 3.98. The number of carbonyl (C=O) groups is 1. The quantitative estimate of drug-likeness (QED) is 0.858. The molecule has 1 aromatic carbocycles. The SMILES string of the molecule is Cc1ccc(Br)cc1S(=O)(=O)Nc1ccsc1C(=O)O. The van der Waals surface area contributed by atoms with Gasteiger partial charge in [-0.05, 0) is 36.1 Å². The molecule has 0 aliphatic heterocycles. The zero-order valence-electron chi connectivity index (χ0n) is 10.3. The second-order valence-corrected chi connectivity index (χ2v) is 7.47. The highest BCUT2D eigenvalue weighted by atomic mass is 79.9. The number of carboxylic acid groups (broad SMARTS) is 1. The molecule has 0 unspecified atom stereocenters. The molecule has 0 amide bonds. The summed E-state index contributed by atoms with van der Waals surface area (Å²) in [5.41, 5.74) is 0.648. The minimum absolute atomic E-state index is 0.0405. The molecule has 2 rings (SSSR count). The van der Waals surface area contributed by atoms with Crippen molar-refractivity contribution in [1.29, 1.82) is 0 Å². The smallest absolute Gasteiger partial charge is 0.348 e. The van der Waals surface area contributed by atoms with Crippen LogP contribution in [0.3, 0.4) is 0 Å². The normalized spacial score (nSPS) is 11.3. The third-order valence-electron chi connectivity index (χ3n) is 2.54. The Hall–Kier alpha value is -1.38. The van der Waals surface area contributed by atoms with Gasteiger partial charge >= 0.3 is 5.97 Å². The number of hydrogen-bond acceptors (Lipinski definition) is 4. The molecule has 20 heavy (non-hydrogen) atoms. The first kappa shape index (κ1) is 15.0. The van der Waals surface area contributed by atoms with Crippen LogP contribution < -0.4 is 4.72 Å². The number of benzene rings is 1. The van der Waals surface area contributed by atoms with E-state index in [2.05, 4.69) is 20.7 Å². The van der Waals surface area contributed by atoms with E-state index in [1.165, 1.54) is 17.5 Å². The van der Waals surface area contributed by atoms with Crippen molar-refractivity contribution < 1.29 is 18.3 Å². The highest BCUT2D eigenvalue weighted by Crippen LogP contribution is 2.27. The molecule has 106 valence electrons. The van der Waals surface area contributed by atoms with Crippen molar-refractivity contribution in [2.24, 2.45) is 0 Å². The first-order chi connectivity index (χ1) is 9.31. The Morgan fingerprint density at radius 1 is 1.35 bits per heavy atom. The van der Waals surface area contributed by atoms with E-state index >= 15 is 0 Å². The van der Waals surface area contributed by atoms with Crippen LogP contribution in [0.25, 0.3) is 0 Å². The molecule has 0 bridgehead atoms. The third-order valence-corrected chi connectivity index (χ3v) is 5.45. The molecule has 2 N–H and O–H groups in total. The Bertz CT molecular complexity index is 768. The van der Waals surface area contributed by atoms with E-state index in [1.54, 1.807) is 19.1 Å². The highest BCUT2D eigenvalue weighted by molar-refractivity contribution is 9.10. The van der Waals surface area contributed by atoms with Gasteiger partial charge in [0.05, 0.1) is 10.6 Å². The maximum Gasteiger partial charge on any atom is 0.348 e. The van der Waals surface area contributed by atoms with Gasteiger partial charge in [0.25, 0.3) is 10.0 Å². The number of thiophene rings is 1. The zero-order valence-corrected chi connectivity index (χ0v) is 13.5. The van der Waals surface area contributed by atoms with Crippen molar-refractivity contribution in [3.05, 3.63) is 44.6 Å². The number of hydrogen-bond donors (Lipinski definition) is 2. The lowest BCUT2D eigenvalue weighted by molar-refractivity contribution is 0.0703. The minimum Gasteiger partial charge on any atom is -0.477 e. The van der Waals surface area contributed by atoms with Crippen LogP contribution in [-0.4, -0.2) is 19.5 Å². The lowest BCUT2D eigenvalue weighted by Crippen LogP contribution is -2.15. The van der Waals surface area contributed by atoms with E-state index < -0.39 is 16.0 Å². The van der Waals surface area contributed by atoms with Crippen molar-refractivity contribution in [1.82, 2.24) is 0 Å². The summed E-state index contributed by atoms with van der Waals surface area (Å²) >= 11 is 4.19. The Labute approximate surface area is 128 Å². The van der Waals surface area contributed by atoms with Crippen LogP contribution in [0, 0.1) is 6.92 Å². The lowest BCUT2D eigenvalue weighted by Gasteiger charge is -2.10. The molecule has 0 saturated carbocycles. The number of carboxylic acids is 1. The van der Waals surface area contributed by atoms with Crippen LogP contribution in [0.15, 0.2) is 39.0 Å².